The number of ether oxygens (including phenoxy) is 4. The molecule has 0 aliphatic carbocycles. The van der Waals surface area contributed by atoms with E-state index < -0.39 is 42.5 Å². The first-order valence-corrected chi connectivity index (χ1v) is 9.80. The number of aliphatic hydroxyl groups is 4. The van der Waals surface area contributed by atoms with Crippen molar-refractivity contribution in [1.29, 1.82) is 0 Å². The third kappa shape index (κ3) is 7.65. The molecule has 170 valence electrons. The van der Waals surface area contributed by atoms with E-state index in [0.717, 1.165) is 0 Å². The second-order valence-corrected chi connectivity index (χ2v) is 7.04. The van der Waals surface area contributed by atoms with Gasteiger partial charge in [-0.25, -0.2) is 0 Å². The number of nitrogens with zero attached hydrogens (tertiary/aromatic N) is 1. The fourth-order valence-electron chi connectivity index (χ4n) is 3.46. The lowest BCUT2D eigenvalue weighted by atomic mass is 9.85. The summed E-state index contributed by atoms with van der Waals surface area (Å²) in [5.74, 6) is -0.827. The Hall–Kier alpha value is -0.980. The summed E-state index contributed by atoms with van der Waals surface area (Å²) in [6, 6.07) is 0. The summed E-state index contributed by atoms with van der Waals surface area (Å²) in [4.78, 5) is 15.0. The topological polar surface area (TPSA) is 147 Å². The summed E-state index contributed by atoms with van der Waals surface area (Å²) in [7, 11) is 3.00. The maximum Gasteiger partial charge on any atom is 0.151 e. The van der Waals surface area contributed by atoms with Crippen LogP contribution in [0.15, 0.2) is 4.99 Å². The normalized spacial score (nSPS) is 30.9. The molecule has 1 aliphatic heterocycles. The summed E-state index contributed by atoms with van der Waals surface area (Å²) < 4.78 is 21.8. The SMILES string of the molecule is CC[C@@H]1C(CO)O[C@H](COC[C@@H](C=NC)C(CO)O[C@@H](C=O)COC)C(O)[C@H]1O. The van der Waals surface area contributed by atoms with E-state index in [1.165, 1.54) is 7.11 Å². The summed E-state index contributed by atoms with van der Waals surface area (Å²) in [6.07, 6.45) is -2.45. The highest BCUT2D eigenvalue weighted by Gasteiger charge is 2.43. The first-order valence-electron chi connectivity index (χ1n) is 9.80. The Morgan fingerprint density at radius 1 is 1.17 bits per heavy atom. The van der Waals surface area contributed by atoms with Crippen molar-refractivity contribution in [3.05, 3.63) is 0 Å². The van der Waals surface area contributed by atoms with E-state index in [2.05, 4.69) is 4.99 Å². The molecule has 4 N–H and O–H groups in total. The van der Waals surface area contributed by atoms with Gasteiger partial charge in [-0.15, -0.1) is 0 Å². The van der Waals surface area contributed by atoms with Gasteiger partial charge in [-0.1, -0.05) is 6.92 Å². The van der Waals surface area contributed by atoms with Gasteiger partial charge in [0.25, 0.3) is 0 Å². The van der Waals surface area contributed by atoms with Crippen LogP contribution >= 0.6 is 0 Å². The number of hydrogen-bond acceptors (Lipinski definition) is 10. The van der Waals surface area contributed by atoms with Gasteiger partial charge in [0, 0.05) is 32.2 Å². The Labute approximate surface area is 171 Å². The quantitative estimate of drug-likeness (QED) is 0.193. The molecular formula is C19H35NO9. The van der Waals surface area contributed by atoms with Crippen molar-refractivity contribution in [2.24, 2.45) is 16.8 Å². The van der Waals surface area contributed by atoms with E-state index in [1.54, 1.807) is 13.3 Å². The van der Waals surface area contributed by atoms with E-state index in [9.17, 15) is 25.2 Å². The fraction of sp³-hybridized carbons (Fsp3) is 0.895. The molecule has 0 aromatic rings. The number of carbonyl (C=O) groups excluding carboxylic acids is 1. The minimum atomic E-state index is -1.15. The van der Waals surface area contributed by atoms with Crippen molar-refractivity contribution in [2.45, 2.75) is 50.0 Å². The van der Waals surface area contributed by atoms with Gasteiger partial charge >= 0.3 is 0 Å². The molecule has 29 heavy (non-hydrogen) atoms. The zero-order chi connectivity index (χ0) is 21.8. The molecule has 0 aromatic carbocycles. The molecule has 10 nitrogen and oxygen atoms in total. The van der Waals surface area contributed by atoms with Crippen molar-refractivity contribution < 1.29 is 44.2 Å². The minimum absolute atomic E-state index is 0.0352. The maximum atomic E-state index is 11.1. The van der Waals surface area contributed by atoms with E-state index in [-0.39, 0.29) is 39.0 Å². The van der Waals surface area contributed by atoms with Crippen molar-refractivity contribution in [3.8, 4) is 0 Å². The molecule has 0 spiro atoms. The van der Waals surface area contributed by atoms with Gasteiger partial charge in [0.15, 0.2) is 6.29 Å². The van der Waals surface area contributed by atoms with Crippen LogP contribution in [0.1, 0.15) is 13.3 Å². The molecule has 0 amide bonds. The second-order valence-electron chi connectivity index (χ2n) is 7.04. The Bertz CT molecular complexity index is 477. The lowest BCUT2D eigenvalue weighted by molar-refractivity contribution is -0.221. The Kier molecular flexibility index (Phi) is 12.7. The minimum Gasteiger partial charge on any atom is -0.394 e. The average Bonchev–Trinajstić information content (AvgIpc) is 2.73. The molecule has 0 saturated carbocycles. The molecule has 3 unspecified atom stereocenters. The summed E-state index contributed by atoms with van der Waals surface area (Å²) in [5.41, 5.74) is 0. The van der Waals surface area contributed by atoms with Crippen molar-refractivity contribution in [1.82, 2.24) is 0 Å². The lowest BCUT2D eigenvalue weighted by Crippen LogP contribution is -2.56. The van der Waals surface area contributed by atoms with Crippen LogP contribution in [0.25, 0.3) is 0 Å². The molecule has 8 atom stereocenters. The van der Waals surface area contributed by atoms with Crippen LogP contribution in [0, 0.1) is 11.8 Å². The van der Waals surface area contributed by atoms with Crippen LogP contribution < -0.4 is 0 Å². The van der Waals surface area contributed by atoms with E-state index in [0.29, 0.717) is 12.7 Å². The van der Waals surface area contributed by atoms with Gasteiger partial charge < -0.3 is 49.2 Å². The third-order valence-corrected chi connectivity index (χ3v) is 5.07. The van der Waals surface area contributed by atoms with Gasteiger partial charge in [-0.3, -0.25) is 0 Å². The molecule has 10 heteroatoms. The summed E-state index contributed by atoms with van der Waals surface area (Å²) in [6.45, 7) is 1.32. The van der Waals surface area contributed by atoms with Crippen LogP contribution in [0.2, 0.25) is 0 Å². The van der Waals surface area contributed by atoms with Gasteiger partial charge in [0.1, 0.15) is 18.3 Å². The lowest BCUT2D eigenvalue weighted by Gasteiger charge is -2.42. The second kappa shape index (κ2) is 14.1. The van der Waals surface area contributed by atoms with Gasteiger partial charge in [-0.05, 0) is 6.42 Å². The standard InChI is InChI=1S/C19H35NO9/c1-4-14-16(8-23)29-17(19(25)18(14)24)11-27-9-12(5-20-2)15(7-22)28-13(6-21)10-26-3/h5-6,12-19,22-25H,4,7-11H2,1-3H3/t12-,13+,14-,15?,16?,17-,18+,19?/m1/s1. The van der Waals surface area contributed by atoms with E-state index in [1.807, 2.05) is 6.92 Å². The summed E-state index contributed by atoms with van der Waals surface area (Å²) >= 11 is 0. The maximum absolute atomic E-state index is 11.1. The smallest absolute Gasteiger partial charge is 0.151 e. The number of aliphatic hydroxyl groups excluding tert-OH is 4. The van der Waals surface area contributed by atoms with Gasteiger partial charge in [-0.2, -0.15) is 0 Å². The molecule has 1 aliphatic rings. The fourth-order valence-corrected chi connectivity index (χ4v) is 3.46. The Morgan fingerprint density at radius 3 is 2.41 bits per heavy atom. The highest BCUT2D eigenvalue weighted by molar-refractivity contribution is 5.62. The van der Waals surface area contributed by atoms with E-state index in [4.69, 9.17) is 18.9 Å². The Balaban J connectivity index is 2.67. The van der Waals surface area contributed by atoms with Crippen LogP contribution in [0.5, 0.6) is 0 Å². The molecule has 0 aromatic heterocycles. The van der Waals surface area contributed by atoms with Crippen LogP contribution in [0.3, 0.4) is 0 Å². The Morgan fingerprint density at radius 2 is 1.90 bits per heavy atom. The van der Waals surface area contributed by atoms with Gasteiger partial charge in [0.2, 0.25) is 0 Å². The molecule has 0 radical (unpaired) electrons. The number of rotatable bonds is 14. The van der Waals surface area contributed by atoms with Crippen LogP contribution in [-0.2, 0) is 23.7 Å². The molecule has 1 heterocycles. The largest absolute Gasteiger partial charge is 0.394 e. The van der Waals surface area contributed by atoms with Crippen molar-refractivity contribution in [3.63, 3.8) is 0 Å². The third-order valence-electron chi connectivity index (χ3n) is 5.07. The number of aldehydes is 1. The predicted molar refractivity (Wildman–Crippen MR) is 104 cm³/mol. The molecular weight excluding hydrogens is 386 g/mol. The summed E-state index contributed by atoms with van der Waals surface area (Å²) in [5, 5.41) is 39.7. The molecule has 1 saturated heterocycles. The highest BCUT2D eigenvalue weighted by Crippen LogP contribution is 2.28. The predicted octanol–water partition coefficient (Wildman–Crippen LogP) is -1.58. The molecule has 1 rings (SSSR count). The number of aliphatic imine (C=N–C) groups is 1. The first kappa shape index (κ1) is 26.1. The van der Waals surface area contributed by atoms with E-state index >= 15 is 0 Å². The average molecular weight is 421 g/mol. The zero-order valence-electron chi connectivity index (χ0n) is 17.3. The number of carbonyl (C=O) groups is 1. The number of methoxy groups -OCH3 is 1. The highest BCUT2D eigenvalue weighted by atomic mass is 16.6. The van der Waals surface area contributed by atoms with Gasteiger partial charge in [0.05, 0.1) is 51.3 Å². The van der Waals surface area contributed by atoms with Crippen LogP contribution in [-0.4, -0.2) is 117 Å². The van der Waals surface area contributed by atoms with Crippen molar-refractivity contribution in [2.75, 3.05) is 47.2 Å². The first-order chi connectivity index (χ1) is 14.0. The zero-order valence-corrected chi connectivity index (χ0v) is 17.3. The molecule has 1 fully saturated rings. The number of hydrogen-bond donors (Lipinski definition) is 4. The van der Waals surface area contributed by atoms with Crippen LogP contribution in [0.4, 0.5) is 0 Å². The molecule has 0 bridgehead atoms. The monoisotopic (exact) mass is 421 g/mol. The van der Waals surface area contributed by atoms with Crippen molar-refractivity contribution >= 4 is 12.5 Å².